The fourth-order valence-electron chi connectivity index (χ4n) is 8.95. The molecule has 8 nitrogen and oxygen atoms in total. The standard InChI is InChI=1S/C55H32N6O2/c1-3-15-33(16-4-1)52-58-53(34-17-5-2-6-18-34)60-55(59-52)61-44-26-10-7-21-39(44)43-32-37(29-30-45(43)61)54-56-48(51-49(57-54)42-23-9-12-28-47(42)63-51)36-20-13-19-35(31-36)38-24-14-25-41-40-22-8-11-27-46(40)62-50(38)41/h1-32H. The van der Waals surface area contributed by atoms with Crippen molar-refractivity contribution >= 4 is 65.8 Å². The molecular formula is C55H32N6O2. The van der Waals surface area contributed by atoms with Crippen LogP contribution < -0.4 is 0 Å². The number of aromatic nitrogens is 6. The minimum Gasteiger partial charge on any atom is -0.455 e. The Morgan fingerprint density at radius 2 is 0.905 bits per heavy atom. The topological polar surface area (TPSA) is 95.7 Å². The first kappa shape index (κ1) is 35.0. The lowest BCUT2D eigenvalue weighted by Gasteiger charge is -2.11. The molecule has 294 valence electrons. The van der Waals surface area contributed by atoms with Crippen LogP contribution in [0.15, 0.2) is 203 Å². The number of hydrogen-bond donors (Lipinski definition) is 0. The van der Waals surface area contributed by atoms with Crippen LogP contribution in [0.2, 0.25) is 0 Å². The lowest BCUT2D eigenvalue weighted by atomic mass is 9.99. The molecule has 8 heteroatoms. The first-order valence-electron chi connectivity index (χ1n) is 20.8. The number of benzene rings is 8. The number of furan rings is 2. The molecule has 0 aliphatic carbocycles. The second kappa shape index (κ2) is 13.9. The molecule has 0 saturated carbocycles. The molecule has 0 radical (unpaired) electrons. The molecule has 0 atom stereocenters. The van der Waals surface area contributed by atoms with E-state index in [0.717, 1.165) is 93.6 Å². The Morgan fingerprint density at radius 3 is 1.68 bits per heavy atom. The molecule has 63 heavy (non-hydrogen) atoms. The molecule has 0 spiro atoms. The number of rotatable bonds is 6. The first-order valence-corrected chi connectivity index (χ1v) is 20.8. The summed E-state index contributed by atoms with van der Waals surface area (Å²) in [5, 5.41) is 5.18. The number of hydrogen-bond acceptors (Lipinski definition) is 7. The van der Waals surface area contributed by atoms with Gasteiger partial charge in [-0.15, -0.1) is 0 Å². The van der Waals surface area contributed by atoms with Crippen molar-refractivity contribution in [3.8, 4) is 62.5 Å². The second-order valence-electron chi connectivity index (χ2n) is 15.6. The fraction of sp³-hybridized carbons (Fsp3) is 0. The minimum atomic E-state index is 0.532. The summed E-state index contributed by atoms with van der Waals surface area (Å²) in [4.78, 5) is 25.8. The van der Waals surface area contributed by atoms with Gasteiger partial charge in [-0.2, -0.15) is 9.97 Å². The molecule has 5 aromatic heterocycles. The van der Waals surface area contributed by atoms with E-state index in [1.165, 1.54) is 0 Å². The first-order chi connectivity index (χ1) is 31.2. The third-order valence-corrected chi connectivity index (χ3v) is 11.9. The molecule has 0 aliphatic rings. The highest BCUT2D eigenvalue weighted by molar-refractivity contribution is 6.12. The summed E-state index contributed by atoms with van der Waals surface area (Å²) in [5.41, 5.74) is 12.1. The van der Waals surface area contributed by atoms with Gasteiger partial charge in [-0.1, -0.05) is 146 Å². The third-order valence-electron chi connectivity index (χ3n) is 11.9. The van der Waals surface area contributed by atoms with Crippen LogP contribution >= 0.6 is 0 Å². The minimum absolute atomic E-state index is 0.532. The van der Waals surface area contributed by atoms with Gasteiger partial charge in [-0.25, -0.2) is 15.0 Å². The smallest absolute Gasteiger partial charge is 0.238 e. The van der Waals surface area contributed by atoms with E-state index in [1.807, 2.05) is 103 Å². The number of para-hydroxylation sites is 4. The molecule has 0 saturated heterocycles. The van der Waals surface area contributed by atoms with Crippen LogP contribution in [0.5, 0.6) is 0 Å². The van der Waals surface area contributed by atoms with Crippen molar-refractivity contribution in [1.29, 1.82) is 0 Å². The summed E-state index contributed by atoms with van der Waals surface area (Å²) in [5.74, 6) is 2.32. The van der Waals surface area contributed by atoms with E-state index < -0.39 is 0 Å². The monoisotopic (exact) mass is 808 g/mol. The average molecular weight is 809 g/mol. The van der Waals surface area contributed by atoms with Crippen LogP contribution in [0.4, 0.5) is 0 Å². The summed E-state index contributed by atoms with van der Waals surface area (Å²) < 4.78 is 15.2. The van der Waals surface area contributed by atoms with E-state index in [-0.39, 0.29) is 0 Å². The zero-order chi connectivity index (χ0) is 41.4. The lowest BCUT2D eigenvalue weighted by molar-refractivity contribution is 0.667. The highest BCUT2D eigenvalue weighted by Gasteiger charge is 2.22. The van der Waals surface area contributed by atoms with Crippen LogP contribution in [-0.2, 0) is 0 Å². The molecule has 0 N–H and O–H groups in total. The Morgan fingerprint density at radius 1 is 0.333 bits per heavy atom. The highest BCUT2D eigenvalue weighted by atomic mass is 16.3. The molecular weight excluding hydrogens is 777 g/mol. The SMILES string of the molecule is c1ccc(-c2nc(-c3ccccc3)nc(-n3c4ccccc4c4cc(-c5nc(-c6cccc(-c7cccc8c7oc7ccccc78)c6)c6oc7ccccc7c6n5)ccc43)n2)cc1. The van der Waals surface area contributed by atoms with Crippen molar-refractivity contribution in [1.82, 2.24) is 29.5 Å². The van der Waals surface area contributed by atoms with Crippen LogP contribution in [0.3, 0.4) is 0 Å². The molecule has 0 amide bonds. The normalized spacial score (nSPS) is 11.8. The van der Waals surface area contributed by atoms with Crippen molar-refractivity contribution in [3.05, 3.63) is 194 Å². The van der Waals surface area contributed by atoms with E-state index in [1.54, 1.807) is 0 Å². The predicted octanol–water partition coefficient (Wildman–Crippen LogP) is 13.9. The molecule has 0 aliphatic heterocycles. The Kier molecular flexibility index (Phi) is 7.74. The van der Waals surface area contributed by atoms with Crippen LogP contribution in [0.25, 0.3) is 128 Å². The van der Waals surface area contributed by atoms with Gasteiger partial charge in [0, 0.05) is 54.7 Å². The summed E-state index contributed by atoms with van der Waals surface area (Å²) in [6.07, 6.45) is 0. The Balaban J connectivity index is 1.00. The number of nitrogens with zero attached hydrogens (tertiary/aromatic N) is 6. The van der Waals surface area contributed by atoms with E-state index >= 15 is 0 Å². The van der Waals surface area contributed by atoms with Crippen molar-refractivity contribution in [2.75, 3.05) is 0 Å². The predicted molar refractivity (Wildman–Crippen MR) is 251 cm³/mol. The average Bonchev–Trinajstić information content (AvgIpc) is 4.04. The van der Waals surface area contributed by atoms with Gasteiger partial charge in [0.05, 0.1) is 11.0 Å². The van der Waals surface area contributed by atoms with Gasteiger partial charge in [0.1, 0.15) is 28.0 Å². The molecule has 8 aromatic carbocycles. The van der Waals surface area contributed by atoms with Crippen molar-refractivity contribution in [2.45, 2.75) is 0 Å². The quantitative estimate of drug-likeness (QED) is 0.165. The second-order valence-corrected chi connectivity index (χ2v) is 15.6. The Labute approximate surface area is 359 Å². The van der Waals surface area contributed by atoms with Crippen LogP contribution in [0.1, 0.15) is 0 Å². The van der Waals surface area contributed by atoms with Gasteiger partial charge in [-0.05, 0) is 54.1 Å². The summed E-state index contributed by atoms with van der Waals surface area (Å²) in [7, 11) is 0. The Hall–Kier alpha value is -8.75. The van der Waals surface area contributed by atoms with Gasteiger partial charge >= 0.3 is 0 Å². The molecule has 0 bridgehead atoms. The van der Waals surface area contributed by atoms with Crippen LogP contribution in [0, 0.1) is 0 Å². The molecule has 13 aromatic rings. The summed E-state index contributed by atoms with van der Waals surface area (Å²) in [6, 6.07) is 65.8. The molecule has 5 heterocycles. The maximum Gasteiger partial charge on any atom is 0.238 e. The van der Waals surface area contributed by atoms with Gasteiger partial charge in [0.25, 0.3) is 0 Å². The van der Waals surface area contributed by atoms with Gasteiger partial charge in [0.15, 0.2) is 23.1 Å². The van der Waals surface area contributed by atoms with Gasteiger partial charge < -0.3 is 8.83 Å². The third kappa shape index (κ3) is 5.66. The zero-order valence-electron chi connectivity index (χ0n) is 33.5. The highest BCUT2D eigenvalue weighted by Crippen LogP contribution is 2.41. The van der Waals surface area contributed by atoms with Crippen LogP contribution in [-0.4, -0.2) is 29.5 Å². The van der Waals surface area contributed by atoms with Crippen molar-refractivity contribution in [3.63, 3.8) is 0 Å². The van der Waals surface area contributed by atoms with E-state index in [2.05, 4.69) is 95.6 Å². The van der Waals surface area contributed by atoms with E-state index in [0.29, 0.717) is 34.7 Å². The van der Waals surface area contributed by atoms with Crippen molar-refractivity contribution in [2.24, 2.45) is 0 Å². The van der Waals surface area contributed by atoms with Gasteiger partial charge in [0.2, 0.25) is 5.95 Å². The molecule has 13 rings (SSSR count). The lowest BCUT2D eigenvalue weighted by Crippen LogP contribution is -2.06. The molecule has 0 fully saturated rings. The van der Waals surface area contributed by atoms with Crippen molar-refractivity contribution < 1.29 is 8.83 Å². The van der Waals surface area contributed by atoms with E-state index in [9.17, 15) is 0 Å². The maximum atomic E-state index is 6.58. The number of fused-ring (bicyclic) bond motifs is 9. The largest absolute Gasteiger partial charge is 0.455 e. The summed E-state index contributed by atoms with van der Waals surface area (Å²) >= 11 is 0. The molecule has 0 unspecified atom stereocenters. The fourth-order valence-corrected chi connectivity index (χ4v) is 8.95. The maximum absolute atomic E-state index is 6.58. The van der Waals surface area contributed by atoms with Gasteiger partial charge in [-0.3, -0.25) is 4.57 Å². The van der Waals surface area contributed by atoms with E-state index in [4.69, 9.17) is 33.8 Å². The Bertz CT molecular complexity index is 3870. The summed E-state index contributed by atoms with van der Waals surface area (Å²) in [6.45, 7) is 0. The zero-order valence-corrected chi connectivity index (χ0v) is 33.5.